The zero-order chi connectivity index (χ0) is 20.7. The highest BCUT2D eigenvalue weighted by atomic mass is 16.5. The molecule has 152 valence electrons. The van der Waals surface area contributed by atoms with Gasteiger partial charge in [-0.2, -0.15) is 0 Å². The van der Waals surface area contributed by atoms with Crippen LogP contribution >= 0.6 is 0 Å². The Morgan fingerprint density at radius 3 is 2.41 bits per heavy atom. The van der Waals surface area contributed by atoms with Crippen LogP contribution in [0.1, 0.15) is 62.0 Å². The van der Waals surface area contributed by atoms with Crippen molar-refractivity contribution in [2.45, 2.75) is 52.6 Å². The monoisotopic (exact) mass is 392 g/mol. The van der Waals surface area contributed by atoms with Gasteiger partial charge in [-0.1, -0.05) is 29.4 Å². The fourth-order valence-electron chi connectivity index (χ4n) is 4.04. The number of hydrogen-bond donors (Lipinski definition) is 2. The summed E-state index contributed by atoms with van der Waals surface area (Å²) in [5.74, 6) is 2.03. The van der Waals surface area contributed by atoms with Crippen molar-refractivity contribution in [2.24, 2.45) is 0 Å². The third-order valence-corrected chi connectivity index (χ3v) is 5.66. The van der Waals surface area contributed by atoms with Crippen LogP contribution in [0.2, 0.25) is 0 Å². The maximum absolute atomic E-state index is 10.4. The van der Waals surface area contributed by atoms with Gasteiger partial charge >= 0.3 is 0 Å². The zero-order valence-corrected chi connectivity index (χ0v) is 17.5. The minimum atomic E-state index is -0.174. The molecule has 0 radical (unpaired) electrons. The largest absolute Gasteiger partial charge is 0.508 e. The molecule has 2 heterocycles. The van der Waals surface area contributed by atoms with Crippen molar-refractivity contribution in [1.29, 1.82) is 0 Å². The molecule has 0 saturated carbocycles. The maximum atomic E-state index is 10.4. The molecule has 2 aromatic rings. The minimum absolute atomic E-state index is 0.0735. The van der Waals surface area contributed by atoms with Gasteiger partial charge in [0.25, 0.3) is 0 Å². The van der Waals surface area contributed by atoms with Gasteiger partial charge in [-0.05, 0) is 58.2 Å². The maximum Gasteiger partial charge on any atom is 0.138 e. The second-order valence-corrected chi connectivity index (χ2v) is 8.43. The second-order valence-electron chi connectivity index (χ2n) is 8.43. The van der Waals surface area contributed by atoms with Crippen LogP contribution in [0.3, 0.4) is 0 Å². The van der Waals surface area contributed by atoms with Gasteiger partial charge in [0.2, 0.25) is 0 Å². The van der Waals surface area contributed by atoms with E-state index in [1.807, 2.05) is 39.8 Å². The molecule has 2 N–H and O–H groups in total. The van der Waals surface area contributed by atoms with Gasteiger partial charge in [-0.15, -0.1) is 0 Å². The Morgan fingerprint density at radius 2 is 1.69 bits per heavy atom. The van der Waals surface area contributed by atoms with Gasteiger partial charge in [-0.3, -0.25) is 0 Å². The molecule has 0 amide bonds. The summed E-state index contributed by atoms with van der Waals surface area (Å²) < 4.78 is 12.4. The first-order valence-corrected chi connectivity index (χ1v) is 10.1. The van der Waals surface area contributed by atoms with Crippen LogP contribution in [-0.2, 0) is 12.8 Å². The quantitative estimate of drug-likeness (QED) is 0.653. The average Bonchev–Trinajstić information content (AvgIpc) is 3.04. The van der Waals surface area contributed by atoms with Crippen LogP contribution in [0.4, 0.5) is 0 Å². The fraction of sp³-hybridized carbons (Fsp3) is 0.360. The SMILES string of the molecule is CC(C)=CCc1cc2c(cc1O)OC[C@H]1c3ccc(O)c(CC=C(C)C)c3O[C@H]21. The Labute approximate surface area is 172 Å². The lowest BCUT2D eigenvalue weighted by molar-refractivity contribution is 0.138. The standard InChI is InChI=1S/C25H28O4/c1-14(2)5-7-16-11-19-23(12-22(16)27)28-13-20-17-9-10-21(26)18(8-6-15(3)4)24(17)29-25(19)20/h5-6,9-12,20,25-27H,7-8,13H2,1-4H3/t20-,25+/m0/s1. The van der Waals surface area contributed by atoms with Gasteiger partial charge in [0.1, 0.15) is 29.1 Å². The van der Waals surface area contributed by atoms with Crippen molar-refractivity contribution in [1.82, 2.24) is 0 Å². The predicted molar refractivity (Wildman–Crippen MR) is 114 cm³/mol. The van der Waals surface area contributed by atoms with Crippen LogP contribution in [0, 0.1) is 0 Å². The first-order valence-electron chi connectivity index (χ1n) is 10.1. The molecule has 2 aliphatic rings. The molecule has 4 nitrogen and oxygen atoms in total. The Hall–Kier alpha value is -2.88. The van der Waals surface area contributed by atoms with Gasteiger partial charge in [0.15, 0.2) is 0 Å². The Bertz CT molecular complexity index is 1010. The van der Waals surface area contributed by atoms with E-state index in [2.05, 4.69) is 12.2 Å². The summed E-state index contributed by atoms with van der Waals surface area (Å²) in [5.41, 5.74) is 6.13. The number of fused-ring (bicyclic) bond motifs is 5. The molecular formula is C25H28O4. The van der Waals surface area contributed by atoms with Crippen molar-refractivity contribution in [3.05, 3.63) is 69.8 Å². The summed E-state index contributed by atoms with van der Waals surface area (Å²) in [6.07, 6.45) is 5.32. The molecule has 0 aliphatic carbocycles. The van der Waals surface area contributed by atoms with Crippen LogP contribution in [-0.4, -0.2) is 16.8 Å². The number of allylic oxidation sites excluding steroid dienone is 4. The van der Waals surface area contributed by atoms with Gasteiger partial charge in [0, 0.05) is 22.8 Å². The lowest BCUT2D eigenvalue weighted by atomic mass is 9.87. The van der Waals surface area contributed by atoms with Crippen molar-refractivity contribution >= 4 is 0 Å². The van der Waals surface area contributed by atoms with Crippen LogP contribution in [0.5, 0.6) is 23.0 Å². The molecule has 29 heavy (non-hydrogen) atoms. The summed E-state index contributed by atoms with van der Waals surface area (Å²) in [5, 5.41) is 20.8. The zero-order valence-electron chi connectivity index (χ0n) is 17.5. The summed E-state index contributed by atoms with van der Waals surface area (Å²) in [7, 11) is 0. The smallest absolute Gasteiger partial charge is 0.138 e. The Morgan fingerprint density at radius 1 is 0.966 bits per heavy atom. The van der Waals surface area contributed by atoms with Crippen LogP contribution in [0.25, 0.3) is 0 Å². The average molecular weight is 392 g/mol. The molecule has 2 aromatic carbocycles. The summed E-state index contributed by atoms with van der Waals surface area (Å²) >= 11 is 0. The normalized spacial score (nSPS) is 18.6. The van der Waals surface area contributed by atoms with E-state index in [-0.39, 0.29) is 23.5 Å². The highest BCUT2D eigenvalue weighted by molar-refractivity contribution is 5.58. The van der Waals surface area contributed by atoms with E-state index in [9.17, 15) is 10.2 Å². The van der Waals surface area contributed by atoms with E-state index < -0.39 is 0 Å². The number of hydrogen-bond acceptors (Lipinski definition) is 4. The van der Waals surface area contributed by atoms with Crippen LogP contribution < -0.4 is 9.47 Å². The van der Waals surface area contributed by atoms with Crippen molar-refractivity contribution in [3.63, 3.8) is 0 Å². The van der Waals surface area contributed by atoms with Crippen LogP contribution in [0.15, 0.2) is 47.6 Å². The molecule has 2 atom stereocenters. The van der Waals surface area contributed by atoms with E-state index in [0.717, 1.165) is 28.0 Å². The lowest BCUT2D eigenvalue weighted by Crippen LogP contribution is -2.23. The number of ether oxygens (including phenoxy) is 2. The summed E-state index contributed by atoms with van der Waals surface area (Å²) in [4.78, 5) is 0. The van der Waals surface area contributed by atoms with E-state index in [1.54, 1.807) is 12.1 Å². The molecule has 0 spiro atoms. The van der Waals surface area contributed by atoms with Crippen molar-refractivity contribution in [2.75, 3.05) is 6.61 Å². The van der Waals surface area contributed by atoms with E-state index in [0.29, 0.717) is 25.2 Å². The van der Waals surface area contributed by atoms with E-state index in [1.165, 1.54) is 11.1 Å². The summed E-state index contributed by atoms with van der Waals surface area (Å²) in [6.45, 7) is 8.68. The second kappa shape index (κ2) is 7.51. The molecule has 0 bridgehead atoms. The highest BCUT2D eigenvalue weighted by Gasteiger charge is 2.42. The first-order chi connectivity index (χ1) is 13.8. The van der Waals surface area contributed by atoms with E-state index >= 15 is 0 Å². The lowest BCUT2D eigenvalue weighted by Gasteiger charge is -2.28. The first kappa shape index (κ1) is 19.4. The number of phenolic OH excluding ortho intramolecular Hbond substituents is 2. The third-order valence-electron chi connectivity index (χ3n) is 5.66. The fourth-order valence-corrected chi connectivity index (χ4v) is 4.04. The number of rotatable bonds is 4. The molecule has 4 rings (SSSR count). The van der Waals surface area contributed by atoms with Gasteiger partial charge < -0.3 is 19.7 Å². The highest BCUT2D eigenvalue weighted by Crippen LogP contribution is 2.54. The topological polar surface area (TPSA) is 58.9 Å². The number of benzene rings is 2. The molecule has 0 saturated heterocycles. The molecular weight excluding hydrogens is 364 g/mol. The van der Waals surface area contributed by atoms with Crippen molar-refractivity contribution < 1.29 is 19.7 Å². The number of aromatic hydroxyl groups is 2. The van der Waals surface area contributed by atoms with Gasteiger partial charge in [0.05, 0.1) is 12.5 Å². The molecule has 0 fully saturated rings. The Kier molecular flexibility index (Phi) is 5.03. The predicted octanol–water partition coefficient (Wildman–Crippen LogP) is 5.72. The molecule has 0 aromatic heterocycles. The Balaban J connectivity index is 1.73. The van der Waals surface area contributed by atoms with E-state index in [4.69, 9.17) is 9.47 Å². The minimum Gasteiger partial charge on any atom is -0.508 e. The molecule has 4 heteroatoms. The van der Waals surface area contributed by atoms with Gasteiger partial charge in [-0.25, -0.2) is 0 Å². The third kappa shape index (κ3) is 3.59. The summed E-state index contributed by atoms with van der Waals surface area (Å²) in [6, 6.07) is 7.40. The number of phenols is 2. The molecule has 0 unspecified atom stereocenters. The molecule has 2 aliphatic heterocycles. The van der Waals surface area contributed by atoms with Crippen molar-refractivity contribution in [3.8, 4) is 23.0 Å².